The minimum absolute atomic E-state index is 0.0221. The summed E-state index contributed by atoms with van der Waals surface area (Å²) in [5.74, 6) is -14.6. The van der Waals surface area contributed by atoms with Gasteiger partial charge >= 0.3 is 17.9 Å². The van der Waals surface area contributed by atoms with Gasteiger partial charge in [0.2, 0.25) is 53.2 Å². The van der Waals surface area contributed by atoms with E-state index in [1.165, 1.54) is 55.5 Å². The van der Waals surface area contributed by atoms with Gasteiger partial charge in [0, 0.05) is 30.8 Å². The molecular weight excluding hydrogens is 1050 g/mol. The molecule has 19 N–H and O–H groups in total. The van der Waals surface area contributed by atoms with Crippen LogP contribution in [-0.2, 0) is 70.4 Å². The molecule has 9 atom stereocenters. The molecular formula is C47H67N11O17S2. The van der Waals surface area contributed by atoms with Crippen molar-refractivity contribution in [3.05, 3.63) is 59.7 Å². The van der Waals surface area contributed by atoms with Crippen molar-refractivity contribution >= 4 is 96.3 Å². The lowest BCUT2D eigenvalue weighted by molar-refractivity contribution is -0.142. The number of benzene rings is 2. The normalized spacial score (nSPS) is 14.4. The van der Waals surface area contributed by atoms with Crippen LogP contribution in [0.25, 0.3) is 0 Å². The molecule has 0 bridgehead atoms. The number of primary amides is 1. The first kappa shape index (κ1) is 65.4. The fourth-order valence-electron chi connectivity index (χ4n) is 6.99. The maximum Gasteiger partial charge on any atom is 0.326 e. The Hall–Kier alpha value is -7.70. The molecule has 77 heavy (non-hydrogen) atoms. The summed E-state index contributed by atoms with van der Waals surface area (Å²) in [7, 11) is 0. The molecule has 0 saturated heterocycles. The van der Waals surface area contributed by atoms with Crippen molar-refractivity contribution in [2.45, 2.75) is 126 Å². The highest BCUT2D eigenvalue weighted by Gasteiger charge is 2.35. The predicted molar refractivity (Wildman–Crippen MR) is 279 cm³/mol. The summed E-state index contributed by atoms with van der Waals surface area (Å²) in [4.78, 5) is 155. The Morgan fingerprint density at radius 2 is 0.870 bits per heavy atom. The summed E-state index contributed by atoms with van der Waals surface area (Å²) in [6, 6.07) is -2.72. The highest BCUT2D eigenvalue weighted by Crippen LogP contribution is 2.14. The first-order chi connectivity index (χ1) is 36.3. The van der Waals surface area contributed by atoms with Crippen molar-refractivity contribution in [2.24, 2.45) is 17.2 Å². The Balaban J connectivity index is 2.28. The molecule has 0 aromatic heterocycles. The Labute approximate surface area is 452 Å². The fourth-order valence-corrected chi connectivity index (χ4v) is 7.50. The number of hydrogen-bond acceptors (Lipinski definition) is 18. The van der Waals surface area contributed by atoms with Crippen molar-refractivity contribution in [3.63, 3.8) is 0 Å². The highest BCUT2D eigenvalue weighted by molar-refractivity contribution is 7.80. The maximum absolute atomic E-state index is 14.0. The summed E-state index contributed by atoms with van der Waals surface area (Å²) in [5.41, 5.74) is 18.0. The molecule has 0 fully saturated rings. The van der Waals surface area contributed by atoms with Crippen LogP contribution in [0.4, 0.5) is 0 Å². The van der Waals surface area contributed by atoms with Gasteiger partial charge in [0.25, 0.3) is 0 Å². The van der Waals surface area contributed by atoms with E-state index in [0.717, 1.165) is 0 Å². The lowest BCUT2D eigenvalue weighted by atomic mass is 10.0. The molecule has 0 unspecified atom stereocenters. The second-order valence-corrected chi connectivity index (χ2v) is 18.3. The third-order valence-electron chi connectivity index (χ3n) is 11.3. The van der Waals surface area contributed by atoms with Crippen LogP contribution in [0.5, 0.6) is 11.5 Å². The first-order valence-electron chi connectivity index (χ1n) is 23.9. The Bertz CT molecular complexity index is 2400. The van der Waals surface area contributed by atoms with Crippen LogP contribution in [0.3, 0.4) is 0 Å². The molecule has 0 aliphatic rings. The van der Waals surface area contributed by atoms with Gasteiger partial charge in [-0.3, -0.25) is 52.7 Å². The van der Waals surface area contributed by atoms with E-state index >= 15 is 0 Å². The number of thiol groups is 2. The number of hydrogen-bond donors (Lipinski definition) is 18. The third kappa shape index (κ3) is 24.2. The van der Waals surface area contributed by atoms with Crippen molar-refractivity contribution in [1.82, 2.24) is 42.5 Å². The third-order valence-corrected chi connectivity index (χ3v) is 12.0. The number of nitrogens with two attached hydrogens (primary N) is 3. The topological polar surface area (TPSA) is 480 Å². The van der Waals surface area contributed by atoms with Crippen LogP contribution < -0.4 is 59.7 Å². The molecule has 0 spiro atoms. The summed E-state index contributed by atoms with van der Waals surface area (Å²) in [5, 5.41) is 66.5. The van der Waals surface area contributed by atoms with E-state index in [4.69, 9.17) is 17.2 Å². The number of carbonyl (C=O) groups excluding carboxylic acids is 9. The minimum Gasteiger partial charge on any atom is -0.508 e. The summed E-state index contributed by atoms with van der Waals surface area (Å²) in [6.07, 6.45) is -3.38. The van der Waals surface area contributed by atoms with Crippen molar-refractivity contribution in [2.75, 3.05) is 18.1 Å². The quantitative estimate of drug-likeness (QED) is 0.0230. The van der Waals surface area contributed by atoms with Crippen molar-refractivity contribution in [1.29, 1.82) is 0 Å². The monoisotopic (exact) mass is 1120 g/mol. The zero-order valence-corrected chi connectivity index (χ0v) is 43.6. The number of carboxylic acid groups (broad SMARTS) is 3. The number of carbonyl (C=O) groups is 12. The van der Waals surface area contributed by atoms with E-state index in [0.29, 0.717) is 17.5 Å². The lowest BCUT2D eigenvalue weighted by Crippen LogP contribution is -2.60. The maximum atomic E-state index is 14.0. The molecule has 2 aromatic rings. The van der Waals surface area contributed by atoms with Gasteiger partial charge in [-0.15, -0.1) is 0 Å². The molecule has 9 amide bonds. The molecule has 0 radical (unpaired) electrons. The number of amides is 9. The number of nitrogens with one attached hydrogen (secondary N) is 8. The molecule has 0 saturated carbocycles. The van der Waals surface area contributed by atoms with Crippen LogP contribution in [0, 0.1) is 0 Å². The van der Waals surface area contributed by atoms with Crippen LogP contribution in [0.15, 0.2) is 48.5 Å². The smallest absolute Gasteiger partial charge is 0.326 e. The van der Waals surface area contributed by atoms with E-state index in [2.05, 4.69) is 67.8 Å². The molecule has 2 rings (SSSR count). The highest BCUT2D eigenvalue weighted by atomic mass is 32.1. The average Bonchev–Trinajstić information content (AvgIpc) is 3.36. The number of aliphatic carboxylic acids is 3. The number of unbranched alkanes of at least 4 members (excludes halogenated alkanes) is 1. The molecule has 30 heteroatoms. The molecule has 424 valence electrons. The first-order valence-corrected chi connectivity index (χ1v) is 25.2. The van der Waals surface area contributed by atoms with Gasteiger partial charge < -0.3 is 85.3 Å². The second-order valence-electron chi connectivity index (χ2n) is 17.5. The van der Waals surface area contributed by atoms with Gasteiger partial charge in [-0.1, -0.05) is 24.3 Å². The van der Waals surface area contributed by atoms with Crippen molar-refractivity contribution < 1.29 is 83.1 Å². The molecule has 28 nitrogen and oxygen atoms in total. The zero-order valence-electron chi connectivity index (χ0n) is 41.8. The minimum atomic E-state index is -1.95. The van der Waals surface area contributed by atoms with Gasteiger partial charge in [0.05, 0.1) is 12.5 Å². The van der Waals surface area contributed by atoms with Crippen LogP contribution in [0.2, 0.25) is 0 Å². The largest absolute Gasteiger partial charge is 0.508 e. The summed E-state index contributed by atoms with van der Waals surface area (Å²) in [6.45, 7) is 1.32. The zero-order chi connectivity index (χ0) is 57.9. The van der Waals surface area contributed by atoms with E-state index in [1.54, 1.807) is 0 Å². The number of rotatable bonds is 35. The van der Waals surface area contributed by atoms with Gasteiger partial charge in [-0.05, 0) is 87.4 Å². The van der Waals surface area contributed by atoms with E-state index in [1.807, 2.05) is 0 Å². The molecule has 2 aromatic carbocycles. The SMILES string of the molecule is C[C@H](NC(=O)[C@H](CCC(N)=O)NC(=O)[C@H](CCCCN)NC(=O)[C@H](CCC(=O)O)NC(=O)[C@H](CC(=O)O)NC(=O)[C@H](CS)NC(=O)[C@@H](N)Cc1ccc(O)cc1)C(=O)N[C@@H](CS)C(=O)N[C@@H](Cc1ccc(O)cc1)C(=O)O. The number of aromatic hydroxyl groups is 2. The Morgan fingerprint density at radius 1 is 0.481 bits per heavy atom. The molecule has 0 aliphatic carbocycles. The Kier molecular flexibility index (Phi) is 28.3. The number of phenols is 2. The standard InChI is InChI=1S/C47H67N11O17S2/c1-23(39(66)57-34(21-76)46(73)56-33(47(74)75)19-25-7-11-27(60)12-8-25)51-41(68)30(13-15-36(50)61)53-42(69)29(4-2-3-17-48)52-43(70)31(14-16-37(62)63)54-44(71)32(20-38(64)65)55-45(72)35(22-77)58-40(67)28(49)18-24-5-9-26(59)10-6-24/h5-12,23,28-35,59-60,76-77H,2-4,13-22,48-49H2,1H3,(H2,50,61)(H,51,68)(H,52,70)(H,53,69)(H,54,71)(H,55,72)(H,56,73)(H,57,66)(H,58,67)(H,62,63)(H,64,65)(H,74,75)/t23-,28-,29-,30-,31-,32-,33-,34-,35-/m0/s1. The van der Waals surface area contributed by atoms with E-state index < -0.39 is 158 Å². The van der Waals surface area contributed by atoms with Crippen LogP contribution in [-0.4, -0.2) is 169 Å². The summed E-state index contributed by atoms with van der Waals surface area (Å²) < 4.78 is 0. The molecule has 0 aliphatic heterocycles. The van der Waals surface area contributed by atoms with E-state index in [-0.39, 0.29) is 55.2 Å². The van der Waals surface area contributed by atoms with Crippen molar-refractivity contribution in [3.8, 4) is 11.5 Å². The molecule has 0 heterocycles. The van der Waals surface area contributed by atoms with E-state index in [9.17, 15) is 83.1 Å². The second kappa shape index (κ2) is 33.4. The number of phenolic OH excluding ortho intramolecular Hbond substituents is 2. The van der Waals surface area contributed by atoms with Gasteiger partial charge in [-0.25, -0.2) is 4.79 Å². The summed E-state index contributed by atoms with van der Waals surface area (Å²) >= 11 is 8.17. The number of carboxylic acids is 3. The predicted octanol–water partition coefficient (Wildman–Crippen LogP) is -4.21. The van der Waals surface area contributed by atoms with Crippen LogP contribution >= 0.6 is 25.3 Å². The average molecular weight is 1120 g/mol. The van der Waals surface area contributed by atoms with Crippen LogP contribution in [0.1, 0.15) is 69.4 Å². The lowest BCUT2D eigenvalue weighted by Gasteiger charge is -2.27. The van der Waals surface area contributed by atoms with Gasteiger partial charge in [0.15, 0.2) is 0 Å². The Morgan fingerprint density at radius 3 is 1.31 bits per heavy atom. The fraction of sp³-hybridized carbons (Fsp3) is 0.489. The van der Waals surface area contributed by atoms with Gasteiger partial charge in [-0.2, -0.15) is 25.3 Å². The van der Waals surface area contributed by atoms with Gasteiger partial charge in [0.1, 0.15) is 59.8 Å².